The lowest BCUT2D eigenvalue weighted by molar-refractivity contribution is 0.303. The van der Waals surface area contributed by atoms with Crippen LogP contribution in [0.25, 0.3) is 0 Å². The lowest BCUT2D eigenvalue weighted by Crippen LogP contribution is -2.12. The van der Waals surface area contributed by atoms with Gasteiger partial charge in [-0.05, 0) is 48.2 Å². The van der Waals surface area contributed by atoms with E-state index in [0.29, 0.717) is 11.1 Å². The highest BCUT2D eigenvalue weighted by molar-refractivity contribution is 6.30. The van der Waals surface area contributed by atoms with E-state index < -0.39 is 0 Å². The van der Waals surface area contributed by atoms with Gasteiger partial charge in [-0.3, -0.25) is 0 Å². The minimum absolute atomic E-state index is 0.179. The number of ether oxygens (including phenoxy) is 1. The predicted molar refractivity (Wildman–Crippen MR) is 77.6 cm³/mol. The Morgan fingerprint density at radius 3 is 2.42 bits per heavy atom. The van der Waals surface area contributed by atoms with Crippen molar-refractivity contribution in [2.75, 3.05) is 0 Å². The molecule has 1 unspecified atom stereocenters. The van der Waals surface area contributed by atoms with Crippen molar-refractivity contribution in [3.05, 3.63) is 64.7 Å². The van der Waals surface area contributed by atoms with E-state index in [1.807, 2.05) is 48.5 Å². The molecule has 0 aromatic heterocycles. The average molecular weight is 274 g/mol. The number of halogens is 1. The van der Waals surface area contributed by atoms with Gasteiger partial charge in [-0.15, -0.1) is 0 Å². The van der Waals surface area contributed by atoms with Crippen LogP contribution in [0.5, 0.6) is 5.75 Å². The number of benzene rings is 2. The smallest absolute Gasteiger partial charge is 0.120 e. The SMILES string of the molecule is NC(c1cccc(Cl)c1)c1cccc(OC2CC2)c1. The second-order valence-corrected chi connectivity index (χ2v) is 5.36. The maximum atomic E-state index is 6.29. The van der Waals surface area contributed by atoms with Crippen molar-refractivity contribution in [1.29, 1.82) is 0 Å². The van der Waals surface area contributed by atoms with Crippen molar-refractivity contribution >= 4 is 11.6 Å². The van der Waals surface area contributed by atoms with Gasteiger partial charge >= 0.3 is 0 Å². The highest BCUT2D eigenvalue weighted by Crippen LogP contribution is 2.29. The zero-order valence-electron chi connectivity index (χ0n) is 10.6. The predicted octanol–water partition coefficient (Wildman–Crippen LogP) is 3.93. The molecule has 2 N–H and O–H groups in total. The van der Waals surface area contributed by atoms with E-state index in [9.17, 15) is 0 Å². The Morgan fingerprint density at radius 2 is 1.74 bits per heavy atom. The van der Waals surface area contributed by atoms with Crippen molar-refractivity contribution < 1.29 is 4.74 Å². The number of hydrogen-bond acceptors (Lipinski definition) is 2. The van der Waals surface area contributed by atoms with Crippen molar-refractivity contribution in [3.63, 3.8) is 0 Å². The topological polar surface area (TPSA) is 35.2 Å². The van der Waals surface area contributed by atoms with E-state index in [1.54, 1.807) is 0 Å². The second kappa shape index (κ2) is 5.24. The zero-order valence-corrected chi connectivity index (χ0v) is 11.3. The highest BCUT2D eigenvalue weighted by Gasteiger charge is 2.23. The van der Waals surface area contributed by atoms with E-state index in [-0.39, 0.29) is 6.04 Å². The van der Waals surface area contributed by atoms with E-state index in [1.165, 1.54) is 0 Å². The van der Waals surface area contributed by atoms with Crippen LogP contribution in [-0.4, -0.2) is 6.10 Å². The molecule has 3 rings (SSSR count). The minimum atomic E-state index is -0.179. The van der Waals surface area contributed by atoms with Crippen LogP contribution in [0.4, 0.5) is 0 Å². The Bertz CT molecular complexity index is 580. The summed E-state index contributed by atoms with van der Waals surface area (Å²) in [6.45, 7) is 0. The maximum absolute atomic E-state index is 6.29. The van der Waals surface area contributed by atoms with Crippen LogP contribution in [0.15, 0.2) is 48.5 Å². The molecule has 2 nitrogen and oxygen atoms in total. The maximum Gasteiger partial charge on any atom is 0.120 e. The van der Waals surface area contributed by atoms with Gasteiger partial charge in [0, 0.05) is 5.02 Å². The fraction of sp³-hybridized carbons (Fsp3) is 0.250. The van der Waals surface area contributed by atoms with Gasteiger partial charge in [0.25, 0.3) is 0 Å². The standard InChI is InChI=1S/C16H16ClNO/c17-13-5-1-3-11(9-13)16(18)12-4-2-6-15(10-12)19-14-7-8-14/h1-6,9-10,14,16H,7-8,18H2. The lowest BCUT2D eigenvalue weighted by atomic mass is 9.99. The van der Waals surface area contributed by atoms with Crippen molar-refractivity contribution in [2.45, 2.75) is 25.0 Å². The number of hydrogen-bond donors (Lipinski definition) is 1. The highest BCUT2D eigenvalue weighted by atomic mass is 35.5. The Labute approximate surface area is 118 Å². The molecule has 2 aromatic rings. The van der Waals surface area contributed by atoms with E-state index in [0.717, 1.165) is 29.7 Å². The summed E-state index contributed by atoms with van der Waals surface area (Å²) in [6.07, 6.45) is 2.72. The summed E-state index contributed by atoms with van der Waals surface area (Å²) in [4.78, 5) is 0. The summed E-state index contributed by atoms with van der Waals surface area (Å²) in [5.41, 5.74) is 8.34. The zero-order chi connectivity index (χ0) is 13.2. The molecule has 1 aliphatic rings. The molecule has 0 heterocycles. The molecule has 0 aliphatic heterocycles. The molecule has 0 bridgehead atoms. The molecule has 2 aromatic carbocycles. The third kappa shape index (κ3) is 3.09. The molecule has 1 aliphatic carbocycles. The van der Waals surface area contributed by atoms with Crippen molar-refractivity contribution in [3.8, 4) is 5.75 Å². The van der Waals surface area contributed by atoms with Crippen LogP contribution in [0, 0.1) is 0 Å². The van der Waals surface area contributed by atoms with Crippen molar-refractivity contribution in [2.24, 2.45) is 5.73 Å². The molecule has 1 fully saturated rings. The summed E-state index contributed by atoms with van der Waals surface area (Å²) in [5, 5.41) is 0.707. The monoisotopic (exact) mass is 273 g/mol. The quantitative estimate of drug-likeness (QED) is 0.916. The Hall–Kier alpha value is -1.51. The summed E-state index contributed by atoms with van der Waals surface area (Å²) in [7, 11) is 0. The van der Waals surface area contributed by atoms with Crippen LogP contribution in [0.3, 0.4) is 0 Å². The fourth-order valence-corrected chi connectivity index (χ4v) is 2.25. The first-order valence-electron chi connectivity index (χ1n) is 6.50. The minimum Gasteiger partial charge on any atom is -0.490 e. The van der Waals surface area contributed by atoms with E-state index in [2.05, 4.69) is 0 Å². The van der Waals surface area contributed by atoms with Gasteiger partial charge in [0.1, 0.15) is 5.75 Å². The molecule has 0 spiro atoms. The van der Waals surface area contributed by atoms with Crippen LogP contribution in [0.1, 0.15) is 30.0 Å². The normalized spacial score (nSPS) is 16.1. The molecular formula is C16H16ClNO. The van der Waals surface area contributed by atoms with Gasteiger partial charge in [0.15, 0.2) is 0 Å². The Kier molecular flexibility index (Phi) is 3.45. The average Bonchev–Trinajstić information content (AvgIpc) is 3.22. The molecule has 1 saturated carbocycles. The molecular weight excluding hydrogens is 258 g/mol. The van der Waals surface area contributed by atoms with Crippen LogP contribution >= 0.6 is 11.6 Å². The van der Waals surface area contributed by atoms with Crippen LogP contribution in [-0.2, 0) is 0 Å². The molecule has 0 radical (unpaired) electrons. The third-order valence-corrected chi connectivity index (χ3v) is 3.49. The van der Waals surface area contributed by atoms with Gasteiger partial charge in [-0.2, -0.15) is 0 Å². The van der Waals surface area contributed by atoms with Gasteiger partial charge < -0.3 is 10.5 Å². The molecule has 19 heavy (non-hydrogen) atoms. The van der Waals surface area contributed by atoms with E-state index >= 15 is 0 Å². The lowest BCUT2D eigenvalue weighted by Gasteiger charge is -2.14. The summed E-state index contributed by atoms with van der Waals surface area (Å²) in [6, 6.07) is 15.5. The number of nitrogens with two attached hydrogens (primary N) is 1. The van der Waals surface area contributed by atoms with Crippen molar-refractivity contribution in [1.82, 2.24) is 0 Å². The molecule has 0 amide bonds. The first-order chi connectivity index (χ1) is 9.22. The molecule has 0 saturated heterocycles. The molecule has 98 valence electrons. The Balaban J connectivity index is 1.83. The van der Waals surface area contributed by atoms with E-state index in [4.69, 9.17) is 22.1 Å². The summed E-state index contributed by atoms with van der Waals surface area (Å²) < 4.78 is 5.79. The van der Waals surface area contributed by atoms with Gasteiger partial charge in [-0.1, -0.05) is 35.9 Å². The first-order valence-corrected chi connectivity index (χ1v) is 6.88. The largest absolute Gasteiger partial charge is 0.490 e. The van der Waals surface area contributed by atoms with Gasteiger partial charge in [0.05, 0.1) is 12.1 Å². The summed E-state index contributed by atoms with van der Waals surface area (Å²) >= 11 is 6.00. The number of rotatable bonds is 4. The second-order valence-electron chi connectivity index (χ2n) is 4.92. The van der Waals surface area contributed by atoms with Gasteiger partial charge in [-0.25, -0.2) is 0 Å². The van der Waals surface area contributed by atoms with Crippen LogP contribution in [0.2, 0.25) is 5.02 Å². The third-order valence-electron chi connectivity index (χ3n) is 3.25. The van der Waals surface area contributed by atoms with Gasteiger partial charge in [0.2, 0.25) is 0 Å². The fourth-order valence-electron chi connectivity index (χ4n) is 2.05. The van der Waals surface area contributed by atoms with Crippen LogP contribution < -0.4 is 10.5 Å². The molecule has 3 heteroatoms. The Morgan fingerprint density at radius 1 is 1.05 bits per heavy atom. The summed E-state index contributed by atoms with van der Waals surface area (Å²) in [5.74, 6) is 0.900. The first kappa shape index (κ1) is 12.5. The molecule has 1 atom stereocenters.